The lowest BCUT2D eigenvalue weighted by Crippen LogP contribution is -2.21. The molecular weight excluding hydrogens is 388 g/mol. The Labute approximate surface area is 172 Å². The normalized spacial score (nSPS) is 10.6. The van der Waals surface area contributed by atoms with Crippen LogP contribution in [0.1, 0.15) is 22.8 Å². The van der Waals surface area contributed by atoms with E-state index in [4.69, 9.17) is 4.74 Å². The number of benzene rings is 2. The zero-order valence-corrected chi connectivity index (χ0v) is 16.9. The molecule has 1 amide bonds. The molecule has 29 heavy (non-hydrogen) atoms. The molecule has 0 saturated heterocycles. The smallest absolute Gasteiger partial charge is 0.316 e. The summed E-state index contributed by atoms with van der Waals surface area (Å²) in [7, 11) is 0. The molecule has 0 spiro atoms. The lowest BCUT2D eigenvalue weighted by atomic mass is 10.1. The van der Waals surface area contributed by atoms with Crippen LogP contribution in [0.4, 0.5) is 5.69 Å². The topological polar surface area (TPSA) is 85.4 Å². The van der Waals surface area contributed by atoms with Crippen LogP contribution < -0.4 is 5.32 Å². The minimum atomic E-state index is -0.496. The number of nitrogens with zero attached hydrogens (tertiary/aromatic N) is 1. The van der Waals surface area contributed by atoms with Gasteiger partial charge in [0.15, 0.2) is 12.4 Å². The predicted octanol–water partition coefficient (Wildman–Crippen LogP) is 4.02. The number of rotatable bonds is 7. The number of thioether (sulfide) groups is 1. The molecule has 3 aromatic rings. The predicted molar refractivity (Wildman–Crippen MR) is 113 cm³/mol. The molecule has 0 aliphatic heterocycles. The van der Waals surface area contributed by atoms with Gasteiger partial charge >= 0.3 is 5.97 Å². The van der Waals surface area contributed by atoms with Crippen molar-refractivity contribution in [3.05, 3.63) is 65.7 Å². The number of hydrogen-bond acceptors (Lipinski definition) is 6. The summed E-state index contributed by atoms with van der Waals surface area (Å²) in [5, 5.41) is 4.42. The molecule has 148 valence electrons. The maximum absolute atomic E-state index is 12.0. The Morgan fingerprint density at radius 2 is 1.79 bits per heavy atom. The number of carbonyl (C=O) groups excluding carboxylic acids is 3. The fourth-order valence-electron chi connectivity index (χ4n) is 2.70. The zero-order valence-electron chi connectivity index (χ0n) is 16.1. The van der Waals surface area contributed by atoms with Crippen molar-refractivity contribution in [2.45, 2.75) is 18.9 Å². The number of para-hydroxylation sites is 1. The molecule has 1 N–H and O–H groups in total. The van der Waals surface area contributed by atoms with Gasteiger partial charge in [-0.3, -0.25) is 14.4 Å². The average molecular weight is 408 g/mol. The second-order valence-electron chi connectivity index (χ2n) is 6.43. The summed E-state index contributed by atoms with van der Waals surface area (Å²) in [4.78, 5) is 39.7. The van der Waals surface area contributed by atoms with E-state index < -0.39 is 11.9 Å². The van der Waals surface area contributed by atoms with Crippen molar-refractivity contribution in [3.8, 4) is 0 Å². The summed E-state index contributed by atoms with van der Waals surface area (Å²) < 4.78 is 5.02. The number of hydrogen-bond donors (Lipinski definition) is 1. The number of pyridine rings is 1. The van der Waals surface area contributed by atoms with Crippen LogP contribution in [-0.2, 0) is 14.3 Å². The number of fused-ring (bicyclic) bond motifs is 1. The third-order valence-electron chi connectivity index (χ3n) is 4.18. The number of ether oxygens (including phenoxy) is 1. The van der Waals surface area contributed by atoms with Crippen molar-refractivity contribution in [3.63, 3.8) is 0 Å². The molecule has 3 rings (SSSR count). The highest BCUT2D eigenvalue weighted by molar-refractivity contribution is 7.99. The Morgan fingerprint density at radius 3 is 2.52 bits per heavy atom. The quantitative estimate of drug-likeness (QED) is 0.361. The molecule has 2 aromatic carbocycles. The van der Waals surface area contributed by atoms with Crippen LogP contribution in [0.25, 0.3) is 10.9 Å². The van der Waals surface area contributed by atoms with Gasteiger partial charge in [-0.25, -0.2) is 4.98 Å². The molecule has 0 saturated carbocycles. The number of Topliss-reactive ketones (excluding diaryl/α,β-unsaturated/α-hetero) is 1. The van der Waals surface area contributed by atoms with Gasteiger partial charge in [0, 0.05) is 16.6 Å². The highest BCUT2D eigenvalue weighted by atomic mass is 32.2. The van der Waals surface area contributed by atoms with E-state index in [1.54, 1.807) is 24.3 Å². The monoisotopic (exact) mass is 408 g/mol. The van der Waals surface area contributed by atoms with Gasteiger partial charge in [-0.15, -0.1) is 0 Å². The van der Waals surface area contributed by atoms with Gasteiger partial charge in [-0.1, -0.05) is 30.0 Å². The maximum Gasteiger partial charge on any atom is 0.316 e. The van der Waals surface area contributed by atoms with Crippen molar-refractivity contribution in [2.75, 3.05) is 17.7 Å². The molecule has 0 radical (unpaired) electrons. The van der Waals surface area contributed by atoms with E-state index in [9.17, 15) is 14.4 Å². The number of ketones is 1. The van der Waals surface area contributed by atoms with E-state index in [0.717, 1.165) is 21.5 Å². The summed E-state index contributed by atoms with van der Waals surface area (Å²) in [6.07, 6.45) is 0. The number of aryl methyl sites for hydroxylation is 1. The maximum atomic E-state index is 12.0. The summed E-state index contributed by atoms with van der Waals surface area (Å²) >= 11 is 1.27. The molecule has 7 heteroatoms. The second kappa shape index (κ2) is 9.34. The summed E-state index contributed by atoms with van der Waals surface area (Å²) in [5.41, 5.74) is 3.05. The van der Waals surface area contributed by atoms with E-state index in [2.05, 4.69) is 10.3 Å². The van der Waals surface area contributed by atoms with Crippen LogP contribution in [0, 0.1) is 6.92 Å². The van der Waals surface area contributed by atoms with Crippen molar-refractivity contribution in [2.24, 2.45) is 0 Å². The molecule has 0 atom stereocenters. The molecule has 0 aliphatic carbocycles. The van der Waals surface area contributed by atoms with Gasteiger partial charge in [0.05, 0.1) is 16.3 Å². The molecule has 0 aliphatic rings. The van der Waals surface area contributed by atoms with Gasteiger partial charge in [0.2, 0.25) is 0 Å². The first-order valence-electron chi connectivity index (χ1n) is 8.98. The minimum Gasteiger partial charge on any atom is -0.455 e. The third-order valence-corrected chi connectivity index (χ3v) is 5.06. The summed E-state index contributed by atoms with van der Waals surface area (Å²) in [6, 6.07) is 16.2. The van der Waals surface area contributed by atoms with Crippen molar-refractivity contribution >= 4 is 46.0 Å². The van der Waals surface area contributed by atoms with Crippen molar-refractivity contribution < 1.29 is 19.1 Å². The highest BCUT2D eigenvalue weighted by Crippen LogP contribution is 2.23. The van der Waals surface area contributed by atoms with Gasteiger partial charge in [-0.2, -0.15) is 0 Å². The van der Waals surface area contributed by atoms with E-state index >= 15 is 0 Å². The largest absolute Gasteiger partial charge is 0.455 e. The van der Waals surface area contributed by atoms with E-state index in [0.29, 0.717) is 11.3 Å². The Balaban J connectivity index is 1.47. The first kappa shape index (κ1) is 20.5. The fraction of sp³-hybridized carbons (Fsp3) is 0.182. The second-order valence-corrected chi connectivity index (χ2v) is 7.42. The summed E-state index contributed by atoms with van der Waals surface area (Å²) in [6.45, 7) is 3.09. The lowest BCUT2D eigenvalue weighted by Gasteiger charge is -2.08. The van der Waals surface area contributed by atoms with Crippen LogP contribution >= 0.6 is 11.8 Å². The van der Waals surface area contributed by atoms with Crippen LogP contribution in [0.2, 0.25) is 0 Å². The molecular formula is C22H20N2O4S. The number of nitrogens with one attached hydrogen (secondary N) is 1. The van der Waals surface area contributed by atoms with Gasteiger partial charge < -0.3 is 10.1 Å². The van der Waals surface area contributed by atoms with Crippen molar-refractivity contribution in [1.82, 2.24) is 4.98 Å². The van der Waals surface area contributed by atoms with Crippen molar-refractivity contribution in [1.29, 1.82) is 0 Å². The molecule has 6 nitrogen and oxygen atoms in total. The number of anilines is 1. The van der Waals surface area contributed by atoms with Crippen LogP contribution in [0.5, 0.6) is 0 Å². The Bertz CT molecular complexity index is 1060. The molecule has 0 unspecified atom stereocenters. The molecule has 1 heterocycles. The number of esters is 1. The summed E-state index contributed by atoms with van der Waals surface area (Å²) in [5.74, 6) is -0.931. The van der Waals surface area contributed by atoms with Gasteiger partial charge in [0.1, 0.15) is 0 Å². The van der Waals surface area contributed by atoms with Gasteiger partial charge in [-0.05, 0) is 55.8 Å². The Morgan fingerprint density at radius 1 is 1.07 bits per heavy atom. The van der Waals surface area contributed by atoms with Crippen LogP contribution in [-0.4, -0.2) is 35.0 Å². The first-order chi connectivity index (χ1) is 13.9. The number of aromatic nitrogens is 1. The Hall–Kier alpha value is -3.19. The van der Waals surface area contributed by atoms with Crippen LogP contribution in [0.3, 0.4) is 0 Å². The highest BCUT2D eigenvalue weighted by Gasteiger charge is 2.11. The third kappa shape index (κ3) is 5.65. The Kier molecular flexibility index (Phi) is 6.61. The first-order valence-corrected chi connectivity index (χ1v) is 9.96. The van der Waals surface area contributed by atoms with E-state index in [-0.39, 0.29) is 18.1 Å². The molecule has 1 aromatic heterocycles. The van der Waals surface area contributed by atoms with Crippen LogP contribution in [0.15, 0.2) is 59.6 Å². The average Bonchev–Trinajstić information content (AvgIpc) is 2.71. The van der Waals surface area contributed by atoms with Gasteiger partial charge in [0.25, 0.3) is 5.91 Å². The standard InChI is InChI=1S/C22H20N2O4S/c1-14-11-21(24-19-6-4-3-5-18(14)19)29-13-22(27)28-12-20(26)23-17-9-7-16(8-10-17)15(2)25/h3-11H,12-13H2,1-2H3,(H,23,26). The molecule has 0 fully saturated rings. The van der Waals surface area contributed by atoms with E-state index in [1.807, 2.05) is 37.3 Å². The number of carbonyl (C=O) groups is 3. The molecule has 0 bridgehead atoms. The zero-order chi connectivity index (χ0) is 20.8. The fourth-order valence-corrected chi connectivity index (χ4v) is 3.47. The minimum absolute atomic E-state index is 0.0506. The van der Waals surface area contributed by atoms with E-state index in [1.165, 1.54) is 18.7 Å². The number of amides is 1. The lowest BCUT2D eigenvalue weighted by molar-refractivity contribution is -0.144. The SMILES string of the molecule is CC(=O)c1ccc(NC(=O)COC(=O)CSc2cc(C)c3ccccc3n2)cc1.